The summed E-state index contributed by atoms with van der Waals surface area (Å²) in [7, 11) is 0. The third kappa shape index (κ3) is 3.08. The van der Waals surface area contributed by atoms with Crippen molar-refractivity contribution >= 4 is 17.9 Å². The number of rotatable bonds is 4. The van der Waals surface area contributed by atoms with Crippen LogP contribution in [0, 0.1) is 0 Å². The highest BCUT2D eigenvalue weighted by Crippen LogP contribution is 2.42. The number of benzene rings is 1. The van der Waals surface area contributed by atoms with E-state index in [0.29, 0.717) is 0 Å². The first kappa shape index (κ1) is 15.2. The van der Waals surface area contributed by atoms with Crippen LogP contribution in [0.25, 0.3) is 0 Å². The van der Waals surface area contributed by atoms with E-state index in [4.69, 9.17) is 16.2 Å². The Hall–Kier alpha value is -2.70. The van der Waals surface area contributed by atoms with Gasteiger partial charge in [-0.25, -0.2) is 0 Å². The Morgan fingerprint density at radius 1 is 1.04 bits per heavy atom. The van der Waals surface area contributed by atoms with Crippen molar-refractivity contribution in [3.8, 4) is 0 Å². The molecule has 0 bridgehead atoms. The predicted octanol–water partition coefficient (Wildman–Crippen LogP) is 1.59. The first-order valence-corrected chi connectivity index (χ1v) is 7.59. The van der Waals surface area contributed by atoms with Crippen molar-refractivity contribution in [3.63, 3.8) is 0 Å². The van der Waals surface area contributed by atoms with Crippen LogP contribution in [0.5, 0.6) is 0 Å². The smallest absolute Gasteiger partial charge is 0.317 e. The van der Waals surface area contributed by atoms with Crippen molar-refractivity contribution in [2.45, 2.75) is 37.7 Å². The molecule has 1 saturated carbocycles. The van der Waals surface area contributed by atoms with Crippen LogP contribution in [0.1, 0.15) is 37.1 Å². The molecule has 1 fully saturated rings. The minimum Gasteiger partial charge on any atom is -0.457 e. The molecule has 1 aromatic carbocycles. The molecule has 0 saturated heterocycles. The minimum atomic E-state index is -0.578. The molecule has 0 unspecified atom stereocenters. The molecule has 7 heteroatoms. The highest BCUT2D eigenvalue weighted by molar-refractivity contribution is 5.83. The van der Waals surface area contributed by atoms with Gasteiger partial charge in [-0.3, -0.25) is 4.79 Å². The van der Waals surface area contributed by atoms with Crippen molar-refractivity contribution in [1.29, 1.82) is 0 Å². The summed E-state index contributed by atoms with van der Waals surface area (Å²) >= 11 is 0. The molecule has 120 valence electrons. The molecule has 0 spiro atoms. The molecule has 1 heterocycles. The predicted molar refractivity (Wildman–Crippen MR) is 85.0 cm³/mol. The topological polar surface area (TPSA) is 117 Å². The second-order valence-corrected chi connectivity index (χ2v) is 5.70. The normalized spacial score (nSPS) is 16.2. The number of carbonyl (C=O) groups excluding carboxylic acids is 1. The number of esters is 1. The van der Waals surface area contributed by atoms with Crippen molar-refractivity contribution < 1.29 is 9.53 Å². The maximum Gasteiger partial charge on any atom is 0.317 e. The third-order valence-electron chi connectivity index (χ3n) is 4.22. The summed E-state index contributed by atoms with van der Waals surface area (Å²) in [6, 6.07) is 9.77. The molecule has 1 aliphatic carbocycles. The van der Waals surface area contributed by atoms with E-state index in [1.807, 2.05) is 30.3 Å². The fourth-order valence-corrected chi connectivity index (χ4v) is 3.14. The summed E-state index contributed by atoms with van der Waals surface area (Å²) in [6.45, 7) is -0.0651. The number of nitrogens with zero attached hydrogens (tertiary/aromatic N) is 3. The molecule has 0 radical (unpaired) electrons. The minimum absolute atomic E-state index is 0.0159. The summed E-state index contributed by atoms with van der Waals surface area (Å²) < 4.78 is 5.48. The highest BCUT2D eigenvalue weighted by Gasteiger charge is 2.44. The highest BCUT2D eigenvalue weighted by atomic mass is 16.5. The zero-order valence-electron chi connectivity index (χ0n) is 12.7. The van der Waals surface area contributed by atoms with Gasteiger partial charge in [0.15, 0.2) is 12.4 Å². The molecule has 3 rings (SSSR count). The van der Waals surface area contributed by atoms with Gasteiger partial charge in [-0.2, -0.15) is 15.0 Å². The lowest BCUT2D eigenvalue weighted by molar-refractivity contribution is -0.152. The van der Waals surface area contributed by atoms with Gasteiger partial charge in [0, 0.05) is 0 Å². The molecule has 0 aliphatic heterocycles. The molecule has 2 aromatic rings. The fourth-order valence-electron chi connectivity index (χ4n) is 3.14. The maximum absolute atomic E-state index is 12.8. The lowest BCUT2D eigenvalue weighted by Crippen LogP contribution is -2.34. The van der Waals surface area contributed by atoms with Crippen LogP contribution in [0.15, 0.2) is 30.3 Å². The standard InChI is InChI=1S/C16H19N5O2/c17-14-19-12(20-15(18)21-14)10-23-13(22)16(8-4-5-9-16)11-6-2-1-3-7-11/h1-3,6-7H,4-5,8-10H2,(H4,17,18,19,20,21). The monoisotopic (exact) mass is 313 g/mol. The summed E-state index contributed by atoms with van der Waals surface area (Å²) in [4.78, 5) is 24.3. The number of nitrogen functional groups attached to an aromatic ring is 2. The quantitative estimate of drug-likeness (QED) is 0.823. The van der Waals surface area contributed by atoms with Crippen LogP contribution >= 0.6 is 0 Å². The van der Waals surface area contributed by atoms with Crippen LogP contribution in [0.4, 0.5) is 11.9 Å². The maximum atomic E-state index is 12.8. The number of anilines is 2. The van der Waals surface area contributed by atoms with E-state index >= 15 is 0 Å². The van der Waals surface area contributed by atoms with Crippen LogP contribution < -0.4 is 11.5 Å². The van der Waals surface area contributed by atoms with E-state index in [2.05, 4.69) is 15.0 Å². The zero-order valence-corrected chi connectivity index (χ0v) is 12.7. The van der Waals surface area contributed by atoms with Gasteiger partial charge >= 0.3 is 5.97 Å². The number of hydrogen-bond acceptors (Lipinski definition) is 7. The molecule has 7 nitrogen and oxygen atoms in total. The molecule has 1 aromatic heterocycles. The van der Waals surface area contributed by atoms with Crippen molar-refractivity contribution in [1.82, 2.24) is 15.0 Å². The fraction of sp³-hybridized carbons (Fsp3) is 0.375. The number of hydrogen-bond donors (Lipinski definition) is 2. The molecule has 1 aliphatic rings. The Balaban J connectivity index is 1.77. The van der Waals surface area contributed by atoms with Crippen LogP contribution in [-0.4, -0.2) is 20.9 Å². The second kappa shape index (κ2) is 6.20. The van der Waals surface area contributed by atoms with Crippen LogP contribution in [0.2, 0.25) is 0 Å². The first-order chi connectivity index (χ1) is 11.1. The van der Waals surface area contributed by atoms with E-state index in [1.165, 1.54) is 0 Å². The van der Waals surface area contributed by atoms with Gasteiger partial charge in [0.1, 0.15) is 0 Å². The summed E-state index contributed by atoms with van der Waals surface area (Å²) in [5.74, 6) is 0.0349. The van der Waals surface area contributed by atoms with Gasteiger partial charge in [-0.05, 0) is 18.4 Å². The van der Waals surface area contributed by atoms with Crippen molar-refractivity contribution in [2.75, 3.05) is 11.5 Å². The average molecular weight is 313 g/mol. The molecule has 0 atom stereocenters. The van der Waals surface area contributed by atoms with Crippen molar-refractivity contribution in [2.24, 2.45) is 0 Å². The second-order valence-electron chi connectivity index (χ2n) is 5.70. The molecule has 4 N–H and O–H groups in total. The molecular formula is C16H19N5O2. The van der Waals surface area contributed by atoms with E-state index in [-0.39, 0.29) is 30.3 Å². The molecular weight excluding hydrogens is 294 g/mol. The number of ether oxygens (including phenoxy) is 1. The van der Waals surface area contributed by atoms with Gasteiger partial charge in [-0.15, -0.1) is 0 Å². The Kier molecular flexibility index (Phi) is 4.10. The third-order valence-corrected chi connectivity index (χ3v) is 4.22. The Morgan fingerprint density at radius 2 is 1.65 bits per heavy atom. The van der Waals surface area contributed by atoms with Crippen LogP contribution in [0.3, 0.4) is 0 Å². The number of carbonyl (C=O) groups is 1. The van der Waals surface area contributed by atoms with Gasteiger partial charge in [0.2, 0.25) is 11.9 Å². The largest absolute Gasteiger partial charge is 0.457 e. The Bertz CT molecular complexity index is 679. The van der Waals surface area contributed by atoms with Gasteiger partial charge in [-0.1, -0.05) is 43.2 Å². The first-order valence-electron chi connectivity index (χ1n) is 7.59. The van der Waals surface area contributed by atoms with Gasteiger partial charge in [0.25, 0.3) is 0 Å². The van der Waals surface area contributed by atoms with Gasteiger partial charge < -0.3 is 16.2 Å². The Labute approximate surface area is 134 Å². The Morgan fingerprint density at radius 3 is 2.26 bits per heavy atom. The average Bonchev–Trinajstić information content (AvgIpc) is 3.03. The number of nitrogens with two attached hydrogens (primary N) is 2. The van der Waals surface area contributed by atoms with Gasteiger partial charge in [0.05, 0.1) is 5.41 Å². The van der Waals surface area contributed by atoms with E-state index in [9.17, 15) is 4.79 Å². The summed E-state index contributed by atoms with van der Waals surface area (Å²) in [5.41, 5.74) is 11.5. The van der Waals surface area contributed by atoms with E-state index in [1.54, 1.807) is 0 Å². The summed E-state index contributed by atoms with van der Waals surface area (Å²) in [5, 5.41) is 0. The SMILES string of the molecule is Nc1nc(N)nc(COC(=O)C2(c3ccccc3)CCCC2)n1. The molecule has 0 amide bonds. The van der Waals surface area contributed by atoms with Crippen LogP contribution in [-0.2, 0) is 21.6 Å². The van der Waals surface area contributed by atoms with E-state index < -0.39 is 5.41 Å². The lowest BCUT2D eigenvalue weighted by Gasteiger charge is -2.27. The zero-order chi connectivity index (χ0) is 16.3. The summed E-state index contributed by atoms with van der Waals surface area (Å²) in [6.07, 6.45) is 3.60. The van der Waals surface area contributed by atoms with E-state index in [0.717, 1.165) is 31.2 Å². The lowest BCUT2D eigenvalue weighted by atomic mass is 9.79. The molecule has 23 heavy (non-hydrogen) atoms. The van der Waals surface area contributed by atoms with Crippen molar-refractivity contribution in [3.05, 3.63) is 41.7 Å². The number of aromatic nitrogens is 3.